The molecule has 0 spiro atoms. The highest BCUT2D eigenvalue weighted by molar-refractivity contribution is 6.74. The molecule has 2 aromatic rings. The van der Waals surface area contributed by atoms with Gasteiger partial charge in [0.15, 0.2) is 11.5 Å². The lowest BCUT2D eigenvalue weighted by molar-refractivity contribution is -0.122. The number of fused-ring (bicyclic) bond motifs is 1. The molecule has 1 aliphatic heterocycles. The Kier molecular flexibility index (Phi) is 7.16. The van der Waals surface area contributed by atoms with Gasteiger partial charge in [-0.25, -0.2) is 4.90 Å². The van der Waals surface area contributed by atoms with Gasteiger partial charge in [-0.05, 0) is 54.0 Å². The number of methoxy groups -OCH3 is 3. The first kappa shape index (κ1) is 26.8. The first-order valence-electron chi connectivity index (χ1n) is 12.6. The molecule has 7 nitrogen and oxygen atoms in total. The van der Waals surface area contributed by atoms with Crippen molar-refractivity contribution in [2.24, 2.45) is 11.8 Å². The van der Waals surface area contributed by atoms with Crippen LogP contribution in [0.4, 0.5) is 5.69 Å². The molecule has 3 atom stereocenters. The van der Waals surface area contributed by atoms with Crippen molar-refractivity contribution >= 4 is 25.8 Å². The maximum absolute atomic E-state index is 13.9. The smallest absolute Gasteiger partial charge is 0.250 e. The number of carbonyl (C=O) groups is 2. The molecule has 1 heterocycles. The maximum Gasteiger partial charge on any atom is 0.250 e. The Morgan fingerprint density at radius 3 is 2.00 bits per heavy atom. The van der Waals surface area contributed by atoms with Crippen LogP contribution in [0.5, 0.6) is 17.2 Å². The molecule has 8 heteroatoms. The van der Waals surface area contributed by atoms with Crippen LogP contribution in [-0.4, -0.2) is 41.5 Å². The topological polar surface area (TPSA) is 74.3 Å². The number of allylic oxidation sites excluding steroid dienone is 1. The fraction of sp³-hybridized carbons (Fsp3) is 0.448. The minimum absolute atomic E-state index is 0.0156. The van der Waals surface area contributed by atoms with Crippen LogP contribution in [0.1, 0.15) is 38.7 Å². The molecule has 2 amide bonds. The summed E-state index contributed by atoms with van der Waals surface area (Å²) in [5.74, 6) is 0.327. The third kappa shape index (κ3) is 4.74. The van der Waals surface area contributed by atoms with Crippen molar-refractivity contribution in [3.05, 3.63) is 59.9 Å². The molecule has 0 radical (unpaired) electrons. The molecule has 0 N–H and O–H groups in total. The number of ether oxygens (including phenoxy) is 3. The number of carbonyl (C=O) groups excluding carboxylic acids is 2. The Hall–Kier alpha value is -3.26. The molecule has 0 aromatic heterocycles. The van der Waals surface area contributed by atoms with Gasteiger partial charge in [0.25, 0.3) is 0 Å². The van der Waals surface area contributed by atoms with E-state index in [-0.39, 0.29) is 22.8 Å². The molecule has 198 valence electrons. The lowest BCUT2D eigenvalue weighted by atomic mass is 9.73. The van der Waals surface area contributed by atoms with Gasteiger partial charge in [0.05, 0.1) is 44.6 Å². The van der Waals surface area contributed by atoms with Crippen LogP contribution in [0.25, 0.3) is 0 Å². The Morgan fingerprint density at radius 1 is 0.892 bits per heavy atom. The zero-order valence-electron chi connectivity index (χ0n) is 23.0. The fourth-order valence-corrected chi connectivity index (χ4v) is 6.07. The van der Waals surface area contributed by atoms with Crippen molar-refractivity contribution < 1.29 is 28.2 Å². The van der Waals surface area contributed by atoms with Gasteiger partial charge in [0, 0.05) is 12.3 Å². The van der Waals surface area contributed by atoms with E-state index in [2.05, 4.69) is 33.9 Å². The molecule has 4 rings (SSSR count). The molecular formula is C29H37NO6Si. The number of imide groups is 1. The number of benzene rings is 2. The van der Waals surface area contributed by atoms with Crippen molar-refractivity contribution in [2.75, 3.05) is 26.2 Å². The number of hydrogen-bond acceptors (Lipinski definition) is 6. The predicted molar refractivity (Wildman–Crippen MR) is 146 cm³/mol. The molecule has 1 saturated heterocycles. The average molecular weight is 524 g/mol. The number of anilines is 1. The van der Waals surface area contributed by atoms with E-state index in [1.54, 1.807) is 33.5 Å². The van der Waals surface area contributed by atoms with E-state index in [0.29, 0.717) is 29.4 Å². The van der Waals surface area contributed by atoms with Crippen LogP contribution >= 0.6 is 0 Å². The Labute approximate surface area is 220 Å². The van der Waals surface area contributed by atoms with Gasteiger partial charge < -0.3 is 18.6 Å². The second kappa shape index (κ2) is 9.89. The number of para-hydroxylation sites is 1. The average Bonchev–Trinajstić information content (AvgIpc) is 3.11. The lowest BCUT2D eigenvalue weighted by Crippen LogP contribution is -2.41. The van der Waals surface area contributed by atoms with Gasteiger partial charge >= 0.3 is 0 Å². The summed E-state index contributed by atoms with van der Waals surface area (Å²) in [6, 6.07) is 12.9. The molecule has 0 unspecified atom stereocenters. The molecule has 1 fully saturated rings. The lowest BCUT2D eigenvalue weighted by Gasteiger charge is -2.40. The van der Waals surface area contributed by atoms with Crippen molar-refractivity contribution in [1.29, 1.82) is 0 Å². The summed E-state index contributed by atoms with van der Waals surface area (Å²) in [4.78, 5) is 28.9. The number of nitrogens with zero attached hydrogens (tertiary/aromatic N) is 1. The Bertz CT molecular complexity index is 1190. The van der Waals surface area contributed by atoms with Crippen molar-refractivity contribution in [3.8, 4) is 17.2 Å². The van der Waals surface area contributed by atoms with Gasteiger partial charge in [-0.2, -0.15) is 0 Å². The second-order valence-corrected chi connectivity index (χ2v) is 15.9. The largest absolute Gasteiger partial charge is 0.547 e. The first-order valence-corrected chi connectivity index (χ1v) is 15.5. The molecule has 37 heavy (non-hydrogen) atoms. The van der Waals surface area contributed by atoms with Crippen LogP contribution in [-0.2, 0) is 14.0 Å². The predicted octanol–water partition coefficient (Wildman–Crippen LogP) is 5.91. The van der Waals surface area contributed by atoms with Gasteiger partial charge in [-0.1, -0.05) is 39.0 Å². The van der Waals surface area contributed by atoms with Gasteiger partial charge in [-0.3, -0.25) is 9.59 Å². The highest BCUT2D eigenvalue weighted by Crippen LogP contribution is 2.51. The zero-order chi connectivity index (χ0) is 27.1. The summed E-state index contributed by atoms with van der Waals surface area (Å²) in [6.07, 6.45) is 2.39. The first-order chi connectivity index (χ1) is 17.4. The highest BCUT2D eigenvalue weighted by Gasteiger charge is 2.54. The Balaban J connectivity index is 1.84. The van der Waals surface area contributed by atoms with Crippen LogP contribution < -0.4 is 19.1 Å². The summed E-state index contributed by atoms with van der Waals surface area (Å²) in [5.41, 5.74) is 1.42. The molecule has 0 bridgehead atoms. The van der Waals surface area contributed by atoms with E-state index >= 15 is 0 Å². The van der Waals surface area contributed by atoms with Crippen LogP contribution in [0.15, 0.2) is 54.3 Å². The quantitative estimate of drug-likeness (QED) is 0.332. The van der Waals surface area contributed by atoms with Crippen LogP contribution in [0.3, 0.4) is 0 Å². The van der Waals surface area contributed by atoms with Crippen molar-refractivity contribution in [3.63, 3.8) is 0 Å². The van der Waals surface area contributed by atoms with Crippen LogP contribution in [0.2, 0.25) is 18.1 Å². The van der Waals surface area contributed by atoms with E-state index in [1.807, 2.05) is 36.4 Å². The second-order valence-electron chi connectivity index (χ2n) is 11.2. The maximum atomic E-state index is 13.9. The Morgan fingerprint density at radius 2 is 1.49 bits per heavy atom. The third-order valence-electron chi connectivity index (χ3n) is 7.94. The minimum atomic E-state index is -2.18. The van der Waals surface area contributed by atoms with E-state index < -0.39 is 20.2 Å². The number of rotatable bonds is 7. The molecule has 1 aliphatic carbocycles. The molecular weight excluding hydrogens is 486 g/mol. The minimum Gasteiger partial charge on any atom is -0.547 e. The molecule has 2 aromatic carbocycles. The van der Waals surface area contributed by atoms with Crippen molar-refractivity contribution in [2.45, 2.75) is 51.2 Å². The SMILES string of the molecule is COc1cc([C@H]2CC(O[Si](C)(C)C(C)(C)C)=C[C@H]3C(=O)N(c4ccccc4)C(=O)[C@@H]23)cc(OC)c1OC. The standard InChI is InChI=1S/C29H37NO6Si/c1-29(2,3)37(7,8)36-20-16-21(18-14-23(33-4)26(35-6)24(15-18)34-5)25-22(17-20)27(31)30(28(25)32)19-12-10-9-11-13-19/h9-15,17,21-22,25H,16H2,1-8H3/t21-,22-,25+/m1/s1. The third-order valence-corrected chi connectivity index (χ3v) is 12.3. The molecule has 0 saturated carbocycles. The van der Waals surface area contributed by atoms with E-state index in [0.717, 1.165) is 11.3 Å². The normalized spacial score (nSPS) is 21.9. The summed E-state index contributed by atoms with van der Waals surface area (Å²) < 4.78 is 23.4. The van der Waals surface area contributed by atoms with E-state index in [4.69, 9.17) is 18.6 Å². The molecule has 2 aliphatic rings. The van der Waals surface area contributed by atoms with E-state index in [9.17, 15) is 9.59 Å². The van der Waals surface area contributed by atoms with E-state index in [1.165, 1.54) is 4.90 Å². The monoisotopic (exact) mass is 523 g/mol. The number of amides is 2. The number of hydrogen-bond donors (Lipinski definition) is 0. The van der Waals surface area contributed by atoms with Gasteiger partial charge in [0.2, 0.25) is 25.9 Å². The summed E-state index contributed by atoms with van der Waals surface area (Å²) >= 11 is 0. The van der Waals surface area contributed by atoms with Crippen LogP contribution in [0, 0.1) is 11.8 Å². The van der Waals surface area contributed by atoms with Gasteiger partial charge in [0.1, 0.15) is 0 Å². The zero-order valence-corrected chi connectivity index (χ0v) is 24.0. The summed E-state index contributed by atoms with van der Waals surface area (Å²) in [6.45, 7) is 10.9. The van der Waals surface area contributed by atoms with Crippen molar-refractivity contribution in [1.82, 2.24) is 0 Å². The fourth-order valence-electron chi connectivity index (χ4n) is 4.95. The highest BCUT2D eigenvalue weighted by atomic mass is 28.4. The summed E-state index contributed by atoms with van der Waals surface area (Å²) in [7, 11) is 2.51. The summed E-state index contributed by atoms with van der Waals surface area (Å²) in [5, 5.41) is -0.0156. The van der Waals surface area contributed by atoms with Gasteiger partial charge in [-0.15, -0.1) is 0 Å².